The summed E-state index contributed by atoms with van der Waals surface area (Å²) in [5.41, 5.74) is 6.92. The average molecular weight is 594 g/mol. The maximum absolute atomic E-state index is 13.1. The van der Waals surface area contributed by atoms with Gasteiger partial charge in [0.1, 0.15) is 5.82 Å². The number of alkyl halides is 3. The smallest absolute Gasteiger partial charge is 0.383 e. The van der Waals surface area contributed by atoms with Gasteiger partial charge in [-0.15, -0.1) is 0 Å². The Morgan fingerprint density at radius 3 is 2.52 bits per heavy atom. The van der Waals surface area contributed by atoms with Crippen LogP contribution in [0.5, 0.6) is 0 Å². The van der Waals surface area contributed by atoms with Crippen LogP contribution < -0.4 is 11.1 Å². The van der Waals surface area contributed by atoms with E-state index in [0.29, 0.717) is 23.8 Å². The van der Waals surface area contributed by atoms with Crippen molar-refractivity contribution in [2.45, 2.75) is 25.4 Å². The number of nitrogens with zero attached hydrogens (tertiary/aromatic N) is 5. The number of rotatable bonds is 7. The van der Waals surface area contributed by atoms with Crippen molar-refractivity contribution < 1.29 is 36.0 Å². The minimum atomic E-state index is -4.74. The lowest BCUT2D eigenvalue weighted by Crippen LogP contribution is -2.24. The molecule has 10 nitrogen and oxygen atoms in total. The standard InChI is InChI=1S/C14H11F3N6O2.C13H17F2NO/c1-7-9(11-20-12(22-25-11)14(15,16)17)21-23(10(7)19-13(18)24)8-5-3-2-4-6-8;1-17-7-6-16-5-4-11(9-16)10-2-3-12(14)13(15)8-10/h2-6H,1H3,(H3,18,19,24);2-3,8,11H,4-7,9H2,1H3. The molecule has 1 fully saturated rings. The number of hydrogen-bond acceptors (Lipinski definition) is 7. The number of ether oxygens (including phenoxy) is 1. The van der Waals surface area contributed by atoms with E-state index in [-0.39, 0.29) is 11.5 Å². The molecule has 2 aromatic carbocycles. The second-order valence-corrected chi connectivity index (χ2v) is 9.43. The number of halogens is 5. The highest BCUT2D eigenvalue weighted by Gasteiger charge is 2.38. The van der Waals surface area contributed by atoms with E-state index in [0.717, 1.165) is 31.6 Å². The molecule has 2 aromatic heterocycles. The van der Waals surface area contributed by atoms with Gasteiger partial charge in [-0.1, -0.05) is 29.4 Å². The molecule has 0 saturated carbocycles. The second-order valence-electron chi connectivity index (χ2n) is 9.43. The first-order valence-corrected chi connectivity index (χ1v) is 12.8. The molecular weight excluding hydrogens is 565 g/mol. The highest BCUT2D eigenvalue weighted by Crippen LogP contribution is 2.33. The normalized spacial score (nSPS) is 15.4. The van der Waals surface area contributed by atoms with Gasteiger partial charge in [0.05, 0.1) is 12.3 Å². The zero-order valence-corrected chi connectivity index (χ0v) is 22.7. The number of likely N-dealkylation sites (tertiary alicyclic amines) is 1. The number of aromatic nitrogens is 4. The van der Waals surface area contributed by atoms with Gasteiger partial charge in [-0.25, -0.2) is 18.3 Å². The quantitative estimate of drug-likeness (QED) is 0.285. The van der Waals surface area contributed by atoms with Crippen LogP contribution in [0.25, 0.3) is 17.3 Å². The second kappa shape index (κ2) is 13.1. The molecule has 4 aromatic rings. The molecule has 5 rings (SSSR count). The van der Waals surface area contributed by atoms with Gasteiger partial charge >= 0.3 is 12.2 Å². The summed E-state index contributed by atoms with van der Waals surface area (Å²) in [6, 6.07) is 12.0. The Labute approximate surface area is 237 Å². The number of amides is 2. The molecular formula is C27H28F5N7O3. The monoisotopic (exact) mass is 593 g/mol. The number of primary amides is 1. The molecule has 2 amide bonds. The molecule has 0 aliphatic carbocycles. The molecule has 15 heteroatoms. The van der Waals surface area contributed by atoms with Crippen LogP contribution in [-0.4, -0.2) is 64.2 Å². The van der Waals surface area contributed by atoms with Crippen molar-refractivity contribution in [3.05, 3.63) is 77.1 Å². The Balaban J connectivity index is 0.000000208. The van der Waals surface area contributed by atoms with Crippen LogP contribution in [0, 0.1) is 18.6 Å². The van der Waals surface area contributed by atoms with Crippen LogP contribution in [0.3, 0.4) is 0 Å². The van der Waals surface area contributed by atoms with Gasteiger partial charge in [-0.2, -0.15) is 23.3 Å². The van der Waals surface area contributed by atoms with Crippen LogP contribution >= 0.6 is 0 Å². The minimum absolute atomic E-state index is 0.00407. The van der Waals surface area contributed by atoms with E-state index < -0.39 is 35.6 Å². The van der Waals surface area contributed by atoms with Crippen molar-refractivity contribution in [3.8, 4) is 17.3 Å². The highest BCUT2D eigenvalue weighted by atomic mass is 19.4. The third-order valence-corrected chi connectivity index (χ3v) is 6.55. The summed E-state index contributed by atoms with van der Waals surface area (Å²) in [5, 5.41) is 9.48. The van der Waals surface area contributed by atoms with E-state index in [1.807, 2.05) is 0 Å². The van der Waals surface area contributed by atoms with Crippen LogP contribution in [0.2, 0.25) is 0 Å². The van der Waals surface area contributed by atoms with Gasteiger partial charge in [0.25, 0.3) is 11.7 Å². The number of carbonyl (C=O) groups is 1. The number of nitrogens with two attached hydrogens (primary N) is 1. The first-order valence-electron chi connectivity index (χ1n) is 12.8. The molecule has 1 unspecified atom stereocenters. The predicted molar refractivity (Wildman–Crippen MR) is 142 cm³/mol. The largest absolute Gasteiger partial charge is 0.455 e. The molecule has 42 heavy (non-hydrogen) atoms. The topological polar surface area (TPSA) is 124 Å². The van der Waals surface area contributed by atoms with Crippen molar-refractivity contribution >= 4 is 11.8 Å². The fourth-order valence-corrected chi connectivity index (χ4v) is 4.45. The Morgan fingerprint density at radius 2 is 1.90 bits per heavy atom. The molecule has 3 N–H and O–H groups in total. The molecule has 1 aliphatic heterocycles. The van der Waals surface area contributed by atoms with E-state index in [1.54, 1.807) is 43.5 Å². The number of carbonyl (C=O) groups excluding carboxylic acids is 1. The molecule has 1 saturated heterocycles. The van der Waals surface area contributed by atoms with Crippen molar-refractivity contribution in [2.75, 3.05) is 38.7 Å². The summed E-state index contributed by atoms with van der Waals surface area (Å²) in [7, 11) is 1.68. The van der Waals surface area contributed by atoms with Gasteiger partial charge in [0, 0.05) is 25.8 Å². The highest BCUT2D eigenvalue weighted by molar-refractivity contribution is 5.89. The molecule has 0 bridgehead atoms. The molecule has 224 valence electrons. The number of hydrogen-bond donors (Lipinski definition) is 2. The minimum Gasteiger partial charge on any atom is -0.383 e. The van der Waals surface area contributed by atoms with Gasteiger partial charge in [0.2, 0.25) is 0 Å². The number of para-hydroxylation sites is 1. The fraction of sp³-hybridized carbons (Fsp3) is 0.333. The summed E-state index contributed by atoms with van der Waals surface area (Å²) in [5.74, 6) is -2.88. The zero-order valence-electron chi connectivity index (χ0n) is 22.7. The molecule has 1 atom stereocenters. The Hall–Kier alpha value is -4.37. The van der Waals surface area contributed by atoms with Gasteiger partial charge in [-0.3, -0.25) is 5.32 Å². The lowest BCUT2D eigenvalue weighted by molar-refractivity contribution is -0.146. The Bertz CT molecular complexity index is 1510. The van der Waals surface area contributed by atoms with E-state index >= 15 is 0 Å². The van der Waals surface area contributed by atoms with Crippen molar-refractivity contribution in [3.63, 3.8) is 0 Å². The maximum Gasteiger partial charge on any atom is 0.455 e. The van der Waals surface area contributed by atoms with E-state index in [1.165, 1.54) is 23.7 Å². The van der Waals surface area contributed by atoms with Crippen LogP contribution in [0.4, 0.5) is 32.6 Å². The van der Waals surface area contributed by atoms with Crippen LogP contribution in [-0.2, 0) is 10.9 Å². The van der Waals surface area contributed by atoms with Crippen LogP contribution in [0.1, 0.15) is 29.3 Å². The molecule has 0 spiro atoms. The van der Waals surface area contributed by atoms with Crippen molar-refractivity contribution in [1.82, 2.24) is 24.8 Å². The lowest BCUT2D eigenvalue weighted by atomic mass is 9.98. The Morgan fingerprint density at radius 1 is 1.17 bits per heavy atom. The van der Waals surface area contributed by atoms with Gasteiger partial charge in [-0.05, 0) is 55.6 Å². The SMILES string of the molecule is COCCN1CCC(c2ccc(F)c(F)c2)C1.Cc1c(-c2nc(C(F)(F)F)no2)nn(-c2ccccc2)c1NC(N)=O. The van der Waals surface area contributed by atoms with E-state index in [2.05, 4.69) is 30.0 Å². The third kappa shape index (κ3) is 7.28. The summed E-state index contributed by atoms with van der Waals surface area (Å²) in [6.45, 7) is 5.03. The number of benzene rings is 2. The number of urea groups is 1. The number of anilines is 1. The fourth-order valence-electron chi connectivity index (χ4n) is 4.45. The lowest BCUT2D eigenvalue weighted by Gasteiger charge is -2.15. The number of nitrogens with one attached hydrogen (secondary N) is 1. The van der Waals surface area contributed by atoms with Crippen molar-refractivity contribution in [2.24, 2.45) is 5.73 Å². The predicted octanol–water partition coefficient (Wildman–Crippen LogP) is 5.14. The maximum atomic E-state index is 13.1. The van der Waals surface area contributed by atoms with E-state index in [4.69, 9.17) is 10.5 Å². The summed E-state index contributed by atoms with van der Waals surface area (Å²) in [6.07, 6.45) is -3.75. The molecule has 0 radical (unpaired) electrons. The molecule has 3 heterocycles. The van der Waals surface area contributed by atoms with E-state index in [9.17, 15) is 26.7 Å². The first-order chi connectivity index (χ1) is 20.0. The first kappa shape index (κ1) is 30.6. The van der Waals surface area contributed by atoms with Gasteiger partial charge < -0.3 is 19.9 Å². The third-order valence-electron chi connectivity index (χ3n) is 6.55. The number of methoxy groups -OCH3 is 1. The summed E-state index contributed by atoms with van der Waals surface area (Å²) >= 11 is 0. The van der Waals surface area contributed by atoms with Gasteiger partial charge in [0.15, 0.2) is 17.3 Å². The summed E-state index contributed by atoms with van der Waals surface area (Å²) < 4.78 is 74.9. The summed E-state index contributed by atoms with van der Waals surface area (Å²) in [4.78, 5) is 16.9. The zero-order chi connectivity index (χ0) is 30.4. The average Bonchev–Trinajstić information content (AvgIpc) is 3.70. The molecule has 1 aliphatic rings. The van der Waals surface area contributed by atoms with Crippen molar-refractivity contribution in [1.29, 1.82) is 0 Å². The Kier molecular flexibility index (Phi) is 9.52. The van der Waals surface area contributed by atoms with Crippen LogP contribution in [0.15, 0.2) is 53.1 Å².